The van der Waals surface area contributed by atoms with Crippen molar-refractivity contribution in [2.45, 2.75) is 44.4 Å². The molecule has 0 aliphatic heterocycles. The summed E-state index contributed by atoms with van der Waals surface area (Å²) < 4.78 is 15.7. The number of carbonyl (C=O) groups is 1. The van der Waals surface area contributed by atoms with E-state index in [1.54, 1.807) is 6.08 Å². The van der Waals surface area contributed by atoms with Crippen LogP contribution < -0.4 is 4.72 Å². The Balaban J connectivity index is 3.00. The number of ketones is 1. The summed E-state index contributed by atoms with van der Waals surface area (Å²) in [6.45, 7) is 7.72. The number of hydrogen-bond donors (Lipinski definition) is 1. The fourth-order valence-corrected chi connectivity index (χ4v) is 3.19. The molecule has 5 heteroatoms. The third-order valence-corrected chi connectivity index (χ3v) is 5.21. The SMILES string of the molecule is CC[C@@]1(N[S@](=O)C(C)(C)C)C=CC(=O)C=C1Br. The lowest BCUT2D eigenvalue weighted by molar-refractivity contribution is -0.110. The number of carbonyl (C=O) groups excluding carboxylic acids is 1. The molecule has 1 aliphatic rings. The number of allylic oxidation sites excluding steroid dienone is 2. The minimum Gasteiger partial charge on any atom is -0.290 e. The smallest absolute Gasteiger partial charge is 0.179 e. The zero-order chi connectivity index (χ0) is 13.3. The van der Waals surface area contributed by atoms with Crippen molar-refractivity contribution in [2.24, 2.45) is 0 Å². The van der Waals surface area contributed by atoms with Crippen molar-refractivity contribution < 1.29 is 9.00 Å². The first-order valence-electron chi connectivity index (χ1n) is 5.52. The molecule has 1 rings (SSSR count). The lowest BCUT2D eigenvalue weighted by Crippen LogP contribution is -2.49. The highest BCUT2D eigenvalue weighted by atomic mass is 79.9. The summed E-state index contributed by atoms with van der Waals surface area (Å²) in [4.78, 5) is 11.3. The molecule has 0 saturated heterocycles. The summed E-state index contributed by atoms with van der Waals surface area (Å²) in [5.41, 5.74) is -0.536. The van der Waals surface area contributed by atoms with Crippen molar-refractivity contribution in [1.82, 2.24) is 4.72 Å². The van der Waals surface area contributed by atoms with Crippen molar-refractivity contribution in [2.75, 3.05) is 0 Å². The number of rotatable bonds is 3. The van der Waals surface area contributed by atoms with E-state index in [1.807, 2.05) is 27.7 Å². The lowest BCUT2D eigenvalue weighted by atomic mass is 9.92. The average molecular weight is 320 g/mol. The van der Waals surface area contributed by atoms with Gasteiger partial charge < -0.3 is 0 Å². The molecule has 0 spiro atoms. The molecule has 17 heavy (non-hydrogen) atoms. The van der Waals surface area contributed by atoms with Crippen LogP contribution in [-0.4, -0.2) is 20.3 Å². The molecule has 0 radical (unpaired) electrons. The average Bonchev–Trinajstić information content (AvgIpc) is 2.21. The zero-order valence-electron chi connectivity index (χ0n) is 10.5. The molecular formula is C12H18BrNO2S. The van der Waals surface area contributed by atoms with Crippen molar-refractivity contribution in [3.05, 3.63) is 22.7 Å². The van der Waals surface area contributed by atoms with Crippen LogP contribution in [0.1, 0.15) is 34.1 Å². The molecule has 1 N–H and O–H groups in total. The number of nitrogens with one attached hydrogen (secondary N) is 1. The fourth-order valence-electron chi connectivity index (χ4n) is 1.37. The standard InChI is InChI=1S/C12H18BrNO2S/c1-5-12(14-17(16)11(2,3)4)7-6-9(15)8-10(12)13/h6-8,14H,5H2,1-4H3/t12-,17-/m1/s1. The molecule has 0 saturated carbocycles. The van der Waals surface area contributed by atoms with Crippen LogP contribution >= 0.6 is 15.9 Å². The highest BCUT2D eigenvalue weighted by Crippen LogP contribution is 2.32. The first-order valence-corrected chi connectivity index (χ1v) is 7.46. The molecule has 0 aromatic heterocycles. The van der Waals surface area contributed by atoms with E-state index in [0.717, 1.165) is 10.9 Å². The van der Waals surface area contributed by atoms with Gasteiger partial charge in [0.2, 0.25) is 0 Å². The van der Waals surface area contributed by atoms with Gasteiger partial charge in [0.05, 0.1) is 21.3 Å². The molecule has 0 amide bonds. The van der Waals surface area contributed by atoms with Gasteiger partial charge in [0, 0.05) is 4.48 Å². The second-order valence-electron chi connectivity index (χ2n) is 5.04. The van der Waals surface area contributed by atoms with Gasteiger partial charge in [-0.3, -0.25) is 4.79 Å². The van der Waals surface area contributed by atoms with Gasteiger partial charge in [-0.15, -0.1) is 0 Å². The predicted molar refractivity (Wildman–Crippen MR) is 75.2 cm³/mol. The lowest BCUT2D eigenvalue weighted by Gasteiger charge is -2.34. The Hall–Kier alpha value is -0.260. The molecule has 2 atom stereocenters. The van der Waals surface area contributed by atoms with Gasteiger partial charge in [0.1, 0.15) is 0 Å². The van der Waals surface area contributed by atoms with E-state index in [2.05, 4.69) is 20.7 Å². The monoisotopic (exact) mass is 319 g/mol. The highest BCUT2D eigenvalue weighted by molar-refractivity contribution is 9.11. The van der Waals surface area contributed by atoms with Gasteiger partial charge in [-0.25, -0.2) is 8.93 Å². The minimum atomic E-state index is -1.19. The third-order valence-electron chi connectivity index (χ3n) is 2.62. The van der Waals surface area contributed by atoms with Crippen LogP contribution in [0.15, 0.2) is 22.7 Å². The second-order valence-corrected chi connectivity index (χ2v) is 7.86. The zero-order valence-corrected chi connectivity index (χ0v) is 12.9. The number of halogens is 1. The molecule has 3 nitrogen and oxygen atoms in total. The Bertz CT molecular complexity index is 409. The maximum atomic E-state index is 12.2. The van der Waals surface area contributed by atoms with Gasteiger partial charge in [-0.05, 0) is 39.3 Å². The molecule has 1 aliphatic carbocycles. The largest absolute Gasteiger partial charge is 0.290 e. The second kappa shape index (κ2) is 5.16. The van der Waals surface area contributed by atoms with Crippen molar-refractivity contribution in [1.29, 1.82) is 0 Å². The van der Waals surface area contributed by atoms with E-state index < -0.39 is 16.5 Å². The summed E-state index contributed by atoms with van der Waals surface area (Å²) in [5, 5.41) is 0. The van der Waals surface area contributed by atoms with E-state index >= 15 is 0 Å². The molecule has 0 bridgehead atoms. The molecule has 0 aromatic carbocycles. The maximum Gasteiger partial charge on any atom is 0.179 e. The van der Waals surface area contributed by atoms with Crippen molar-refractivity contribution in [3.63, 3.8) is 0 Å². The summed E-state index contributed by atoms with van der Waals surface area (Å²) in [6.07, 6.45) is 5.54. The summed E-state index contributed by atoms with van der Waals surface area (Å²) in [5.74, 6) is -0.0516. The Labute approximate surface area is 113 Å². The first kappa shape index (κ1) is 14.8. The van der Waals surface area contributed by atoms with E-state index in [4.69, 9.17) is 0 Å². The Kier molecular flexibility index (Phi) is 4.49. The number of hydrogen-bond acceptors (Lipinski definition) is 2. The Morgan fingerprint density at radius 1 is 1.47 bits per heavy atom. The van der Waals surface area contributed by atoms with E-state index in [1.165, 1.54) is 12.2 Å². The topological polar surface area (TPSA) is 46.2 Å². The highest BCUT2D eigenvalue weighted by Gasteiger charge is 2.35. The molecular weight excluding hydrogens is 302 g/mol. The molecule has 0 fully saturated rings. The molecule has 0 heterocycles. The van der Waals surface area contributed by atoms with E-state index in [0.29, 0.717) is 0 Å². The van der Waals surface area contributed by atoms with Crippen LogP contribution in [0.5, 0.6) is 0 Å². The summed E-state index contributed by atoms with van der Waals surface area (Å²) >= 11 is 3.40. The molecule has 96 valence electrons. The molecule has 0 aromatic rings. The van der Waals surface area contributed by atoms with E-state index in [-0.39, 0.29) is 10.5 Å². The fraction of sp³-hybridized carbons (Fsp3) is 0.583. The maximum absolute atomic E-state index is 12.2. The first-order chi connectivity index (χ1) is 7.71. The van der Waals surface area contributed by atoms with Crippen LogP contribution in [0, 0.1) is 0 Å². The van der Waals surface area contributed by atoms with Crippen LogP contribution in [0.2, 0.25) is 0 Å². The van der Waals surface area contributed by atoms with E-state index in [9.17, 15) is 9.00 Å². The third kappa shape index (κ3) is 3.36. The Morgan fingerprint density at radius 3 is 2.47 bits per heavy atom. The van der Waals surface area contributed by atoms with Gasteiger partial charge in [0.25, 0.3) is 0 Å². The van der Waals surface area contributed by atoms with Crippen molar-refractivity contribution >= 4 is 32.7 Å². The van der Waals surface area contributed by atoms with Crippen LogP contribution in [0.3, 0.4) is 0 Å². The normalized spacial score (nSPS) is 26.9. The van der Waals surface area contributed by atoms with Crippen molar-refractivity contribution in [3.8, 4) is 0 Å². The van der Waals surface area contributed by atoms with Crippen LogP contribution in [0.25, 0.3) is 0 Å². The molecule has 0 unspecified atom stereocenters. The predicted octanol–water partition coefficient (Wildman–Crippen LogP) is 2.60. The van der Waals surface area contributed by atoms with Gasteiger partial charge in [0.15, 0.2) is 5.78 Å². The van der Waals surface area contributed by atoms with Gasteiger partial charge in [-0.2, -0.15) is 0 Å². The minimum absolute atomic E-state index is 0.0516. The Morgan fingerprint density at radius 2 is 2.06 bits per heavy atom. The quantitative estimate of drug-likeness (QED) is 0.869. The summed E-state index contributed by atoms with van der Waals surface area (Å²) in [6, 6.07) is 0. The summed E-state index contributed by atoms with van der Waals surface area (Å²) in [7, 11) is -1.19. The van der Waals surface area contributed by atoms with Gasteiger partial charge >= 0.3 is 0 Å². The van der Waals surface area contributed by atoms with Gasteiger partial charge in [-0.1, -0.05) is 28.9 Å². The van der Waals surface area contributed by atoms with Crippen LogP contribution in [-0.2, 0) is 15.8 Å². The van der Waals surface area contributed by atoms with Crippen LogP contribution in [0.4, 0.5) is 0 Å².